The largest absolute Gasteiger partial charge is 0.294 e. The second-order valence-corrected chi connectivity index (χ2v) is 5.71. The number of benzene rings is 1. The molecule has 2 rings (SSSR count). The average molecular weight is 354 g/mol. The summed E-state index contributed by atoms with van der Waals surface area (Å²) in [4.78, 5) is 16.1. The molecular weight excluding hydrogens is 339 g/mol. The third kappa shape index (κ3) is 2.63. The van der Waals surface area contributed by atoms with Crippen molar-refractivity contribution in [3.8, 4) is 0 Å². The fraction of sp³-hybridized carbons (Fsp3) is 0.286. The predicted octanol–water partition coefficient (Wildman–Crippen LogP) is 2.82. The van der Waals surface area contributed by atoms with Crippen molar-refractivity contribution in [3.63, 3.8) is 0 Å². The Balaban J connectivity index is 2.47. The van der Waals surface area contributed by atoms with E-state index in [9.17, 15) is 4.79 Å². The average Bonchev–Trinajstić information content (AvgIpc) is 2.28. The Kier molecular flexibility index (Phi) is 3.85. The van der Waals surface area contributed by atoms with Gasteiger partial charge in [-0.05, 0) is 60.1 Å². The van der Waals surface area contributed by atoms with E-state index in [4.69, 9.17) is 0 Å². The molecule has 0 spiro atoms. The van der Waals surface area contributed by atoms with E-state index >= 15 is 0 Å². The van der Waals surface area contributed by atoms with Gasteiger partial charge in [-0.3, -0.25) is 9.36 Å². The molecule has 3 nitrogen and oxygen atoms in total. The van der Waals surface area contributed by atoms with Crippen molar-refractivity contribution in [2.45, 2.75) is 27.3 Å². The highest BCUT2D eigenvalue weighted by atomic mass is 127. The Labute approximate surface area is 120 Å². The molecular formula is C14H15IN2O. The Hall–Kier alpha value is -1.17. The molecule has 2 aromatic rings. The summed E-state index contributed by atoms with van der Waals surface area (Å²) in [6.07, 6.45) is 3.19. The van der Waals surface area contributed by atoms with Crippen LogP contribution in [0.3, 0.4) is 0 Å². The molecule has 1 heterocycles. The van der Waals surface area contributed by atoms with E-state index in [-0.39, 0.29) is 5.56 Å². The lowest BCUT2D eigenvalue weighted by Crippen LogP contribution is -2.23. The van der Waals surface area contributed by atoms with Crippen LogP contribution in [0.15, 0.2) is 29.5 Å². The normalized spacial score (nSPS) is 10.7. The van der Waals surface area contributed by atoms with Crippen LogP contribution in [-0.2, 0) is 6.54 Å². The van der Waals surface area contributed by atoms with Gasteiger partial charge < -0.3 is 0 Å². The first-order valence-electron chi connectivity index (χ1n) is 5.75. The summed E-state index contributed by atoms with van der Waals surface area (Å²) >= 11 is 2.02. The predicted molar refractivity (Wildman–Crippen MR) is 81.0 cm³/mol. The van der Waals surface area contributed by atoms with E-state index < -0.39 is 0 Å². The van der Waals surface area contributed by atoms with Gasteiger partial charge in [0.1, 0.15) is 0 Å². The number of rotatable bonds is 2. The maximum Gasteiger partial charge on any atom is 0.267 e. The summed E-state index contributed by atoms with van der Waals surface area (Å²) in [6, 6.07) is 4.30. The van der Waals surface area contributed by atoms with Gasteiger partial charge in [0.2, 0.25) is 0 Å². The summed E-state index contributed by atoms with van der Waals surface area (Å²) in [5.41, 5.74) is 4.91. The van der Waals surface area contributed by atoms with Gasteiger partial charge in [0, 0.05) is 6.20 Å². The van der Waals surface area contributed by atoms with Crippen LogP contribution in [0.25, 0.3) is 0 Å². The minimum Gasteiger partial charge on any atom is -0.294 e. The molecule has 4 heteroatoms. The fourth-order valence-corrected chi connectivity index (χ4v) is 2.64. The number of nitrogens with zero attached hydrogens (tertiary/aromatic N) is 2. The second kappa shape index (κ2) is 5.22. The maximum atomic E-state index is 12.0. The maximum absolute atomic E-state index is 12.0. The molecule has 18 heavy (non-hydrogen) atoms. The van der Waals surface area contributed by atoms with Crippen molar-refractivity contribution < 1.29 is 0 Å². The number of aromatic nitrogens is 2. The van der Waals surface area contributed by atoms with Crippen LogP contribution in [-0.4, -0.2) is 9.55 Å². The van der Waals surface area contributed by atoms with Crippen LogP contribution >= 0.6 is 22.6 Å². The van der Waals surface area contributed by atoms with Crippen molar-refractivity contribution in [2.24, 2.45) is 0 Å². The molecule has 0 saturated carbocycles. The Morgan fingerprint density at radius 1 is 1.22 bits per heavy atom. The summed E-state index contributed by atoms with van der Waals surface area (Å²) in [6.45, 7) is 6.84. The number of hydrogen-bond acceptors (Lipinski definition) is 2. The summed E-state index contributed by atoms with van der Waals surface area (Å²) in [5.74, 6) is 0. The molecule has 0 radical (unpaired) electrons. The highest BCUT2D eigenvalue weighted by molar-refractivity contribution is 14.1. The van der Waals surface area contributed by atoms with Crippen LogP contribution in [0.1, 0.15) is 22.3 Å². The monoisotopic (exact) mass is 354 g/mol. The quantitative estimate of drug-likeness (QED) is 0.778. The van der Waals surface area contributed by atoms with Gasteiger partial charge in [-0.25, -0.2) is 4.98 Å². The van der Waals surface area contributed by atoms with E-state index in [2.05, 4.69) is 37.9 Å². The van der Waals surface area contributed by atoms with Crippen LogP contribution in [0.5, 0.6) is 0 Å². The topological polar surface area (TPSA) is 34.9 Å². The third-order valence-electron chi connectivity index (χ3n) is 3.03. The van der Waals surface area contributed by atoms with Crippen molar-refractivity contribution in [1.82, 2.24) is 9.55 Å². The minimum absolute atomic E-state index is 0.0185. The molecule has 0 amide bonds. The molecule has 94 valence electrons. The highest BCUT2D eigenvalue weighted by Crippen LogP contribution is 2.17. The van der Waals surface area contributed by atoms with Crippen LogP contribution in [0.2, 0.25) is 0 Å². The lowest BCUT2D eigenvalue weighted by molar-refractivity contribution is 0.723. The molecule has 1 aromatic heterocycles. The minimum atomic E-state index is 0.0185. The van der Waals surface area contributed by atoms with Crippen molar-refractivity contribution >= 4 is 22.6 Å². The SMILES string of the molecule is Cc1cc(C)c(Cn2cncc(I)c2=O)c(C)c1. The van der Waals surface area contributed by atoms with E-state index in [0.29, 0.717) is 10.1 Å². The van der Waals surface area contributed by atoms with Gasteiger partial charge in [0.05, 0.1) is 16.4 Å². The fourth-order valence-electron chi connectivity index (χ4n) is 2.17. The molecule has 0 atom stereocenters. The first-order valence-corrected chi connectivity index (χ1v) is 6.83. The van der Waals surface area contributed by atoms with E-state index in [1.165, 1.54) is 22.3 Å². The van der Waals surface area contributed by atoms with Gasteiger partial charge in [-0.1, -0.05) is 17.7 Å². The lowest BCUT2D eigenvalue weighted by atomic mass is 10.00. The van der Waals surface area contributed by atoms with Crippen molar-refractivity contribution in [3.05, 3.63) is 60.8 Å². The van der Waals surface area contributed by atoms with E-state index in [1.807, 2.05) is 22.6 Å². The van der Waals surface area contributed by atoms with Gasteiger partial charge >= 0.3 is 0 Å². The highest BCUT2D eigenvalue weighted by Gasteiger charge is 2.07. The number of hydrogen-bond donors (Lipinski definition) is 0. The Morgan fingerprint density at radius 3 is 2.44 bits per heavy atom. The van der Waals surface area contributed by atoms with Crippen molar-refractivity contribution in [1.29, 1.82) is 0 Å². The standard InChI is InChI=1S/C14H15IN2O/c1-9-4-10(2)12(11(3)5-9)7-17-8-16-6-13(15)14(17)18/h4-6,8H,7H2,1-3H3. The summed E-state index contributed by atoms with van der Waals surface area (Å²) in [5, 5.41) is 0. The van der Waals surface area contributed by atoms with Crippen molar-refractivity contribution in [2.75, 3.05) is 0 Å². The number of halogens is 1. The molecule has 0 unspecified atom stereocenters. The van der Waals surface area contributed by atoms with Crippen LogP contribution < -0.4 is 5.56 Å². The molecule has 0 aliphatic rings. The Morgan fingerprint density at radius 2 is 1.83 bits per heavy atom. The van der Waals surface area contributed by atoms with Gasteiger partial charge in [-0.15, -0.1) is 0 Å². The van der Waals surface area contributed by atoms with E-state index in [1.54, 1.807) is 17.1 Å². The molecule has 0 aliphatic carbocycles. The first kappa shape index (κ1) is 13.3. The molecule has 0 aliphatic heterocycles. The molecule has 0 N–H and O–H groups in total. The molecule has 1 aromatic carbocycles. The van der Waals surface area contributed by atoms with Gasteiger partial charge in [-0.2, -0.15) is 0 Å². The number of aryl methyl sites for hydroxylation is 3. The summed E-state index contributed by atoms with van der Waals surface area (Å²) in [7, 11) is 0. The molecule has 0 bridgehead atoms. The first-order chi connectivity index (χ1) is 8.49. The zero-order chi connectivity index (χ0) is 13.3. The smallest absolute Gasteiger partial charge is 0.267 e. The van der Waals surface area contributed by atoms with E-state index in [0.717, 1.165) is 0 Å². The zero-order valence-corrected chi connectivity index (χ0v) is 12.9. The molecule has 0 fully saturated rings. The Bertz CT molecular complexity index is 623. The third-order valence-corrected chi connectivity index (χ3v) is 3.77. The second-order valence-electron chi connectivity index (χ2n) is 4.55. The van der Waals surface area contributed by atoms with Gasteiger partial charge in [0.15, 0.2) is 0 Å². The summed E-state index contributed by atoms with van der Waals surface area (Å²) < 4.78 is 2.31. The van der Waals surface area contributed by atoms with Crippen LogP contribution in [0, 0.1) is 24.3 Å². The molecule has 0 saturated heterocycles. The lowest BCUT2D eigenvalue weighted by Gasteiger charge is -2.12. The van der Waals surface area contributed by atoms with Gasteiger partial charge in [0.25, 0.3) is 5.56 Å². The zero-order valence-electron chi connectivity index (χ0n) is 10.7. The van der Waals surface area contributed by atoms with Crippen LogP contribution in [0.4, 0.5) is 0 Å².